The van der Waals surface area contributed by atoms with Crippen LogP contribution in [-0.2, 0) is 12.8 Å². The van der Waals surface area contributed by atoms with E-state index in [1.165, 1.54) is 53.1 Å². The zero-order valence-corrected chi connectivity index (χ0v) is 16.2. The predicted molar refractivity (Wildman–Crippen MR) is 111 cm³/mol. The molecule has 0 amide bonds. The molecular formula is C25H26O2. The fourth-order valence-corrected chi connectivity index (χ4v) is 5.19. The van der Waals surface area contributed by atoms with Crippen molar-refractivity contribution in [3.05, 3.63) is 59.2 Å². The van der Waals surface area contributed by atoms with E-state index < -0.39 is 0 Å². The third kappa shape index (κ3) is 2.70. The Kier molecular flexibility index (Phi) is 4.07. The first kappa shape index (κ1) is 16.7. The van der Waals surface area contributed by atoms with Gasteiger partial charge in [0.05, 0.1) is 14.2 Å². The molecule has 0 saturated heterocycles. The number of ether oxygens (including phenoxy) is 2. The number of fused-ring (bicyclic) bond motifs is 4. The minimum Gasteiger partial charge on any atom is -0.497 e. The van der Waals surface area contributed by atoms with E-state index in [0.717, 1.165) is 24.3 Å². The Balaban J connectivity index is 1.79. The summed E-state index contributed by atoms with van der Waals surface area (Å²) in [4.78, 5) is 0. The van der Waals surface area contributed by atoms with Gasteiger partial charge in [-0.05, 0) is 101 Å². The Bertz CT molecular complexity index is 1010. The van der Waals surface area contributed by atoms with Gasteiger partial charge in [0, 0.05) is 0 Å². The van der Waals surface area contributed by atoms with E-state index in [9.17, 15) is 0 Å². The highest BCUT2D eigenvalue weighted by Crippen LogP contribution is 2.46. The molecule has 1 saturated carbocycles. The highest BCUT2D eigenvalue weighted by atomic mass is 16.5. The number of rotatable bonds is 3. The zero-order valence-electron chi connectivity index (χ0n) is 16.2. The fraction of sp³-hybridized carbons (Fsp3) is 0.360. The molecule has 5 rings (SSSR count). The molecule has 1 fully saturated rings. The van der Waals surface area contributed by atoms with Gasteiger partial charge in [-0.1, -0.05) is 25.0 Å². The molecule has 0 aromatic heterocycles. The van der Waals surface area contributed by atoms with Crippen LogP contribution in [-0.4, -0.2) is 14.2 Å². The van der Waals surface area contributed by atoms with E-state index in [1.54, 1.807) is 25.3 Å². The third-order valence-corrected chi connectivity index (χ3v) is 6.51. The molecule has 2 nitrogen and oxygen atoms in total. The molecule has 0 atom stereocenters. The standard InChI is InChI=1S/C25H26O2/c1-26-19-10-12-21-17(13-19)8-11-22-24(21)14-18-7-9-20(27-2)15-23(18)25(22)16-5-3-4-6-16/h7,9-10,12-16H,3-6,8,11H2,1-2H3. The molecule has 138 valence electrons. The van der Waals surface area contributed by atoms with Crippen molar-refractivity contribution in [3.63, 3.8) is 0 Å². The van der Waals surface area contributed by atoms with Crippen molar-refractivity contribution in [2.45, 2.75) is 44.4 Å². The summed E-state index contributed by atoms with van der Waals surface area (Å²) in [5.74, 6) is 2.61. The molecule has 0 radical (unpaired) electrons. The van der Waals surface area contributed by atoms with Gasteiger partial charge in [0.25, 0.3) is 0 Å². The van der Waals surface area contributed by atoms with Crippen LogP contribution in [0.1, 0.15) is 48.3 Å². The van der Waals surface area contributed by atoms with Gasteiger partial charge in [-0.25, -0.2) is 0 Å². The minimum atomic E-state index is 0.689. The van der Waals surface area contributed by atoms with Crippen LogP contribution in [0.4, 0.5) is 0 Å². The van der Waals surface area contributed by atoms with Crippen molar-refractivity contribution >= 4 is 10.8 Å². The van der Waals surface area contributed by atoms with Crippen LogP contribution in [0.3, 0.4) is 0 Å². The maximum absolute atomic E-state index is 5.55. The average Bonchev–Trinajstić information content (AvgIpc) is 3.25. The molecule has 27 heavy (non-hydrogen) atoms. The Morgan fingerprint density at radius 1 is 0.778 bits per heavy atom. The summed E-state index contributed by atoms with van der Waals surface area (Å²) < 4.78 is 11.0. The van der Waals surface area contributed by atoms with Crippen LogP contribution >= 0.6 is 0 Å². The Morgan fingerprint density at radius 2 is 1.52 bits per heavy atom. The first-order chi connectivity index (χ1) is 13.3. The topological polar surface area (TPSA) is 18.5 Å². The van der Waals surface area contributed by atoms with Crippen LogP contribution in [0.15, 0.2) is 42.5 Å². The van der Waals surface area contributed by atoms with Crippen LogP contribution in [0.5, 0.6) is 11.5 Å². The number of hydrogen-bond donors (Lipinski definition) is 0. The smallest absolute Gasteiger partial charge is 0.119 e. The van der Waals surface area contributed by atoms with Gasteiger partial charge in [0.15, 0.2) is 0 Å². The van der Waals surface area contributed by atoms with Crippen molar-refractivity contribution in [2.24, 2.45) is 0 Å². The van der Waals surface area contributed by atoms with E-state index in [0.29, 0.717) is 5.92 Å². The highest BCUT2D eigenvalue weighted by Gasteiger charge is 2.27. The summed E-state index contributed by atoms with van der Waals surface area (Å²) in [7, 11) is 3.51. The molecule has 3 aromatic rings. The fourth-order valence-electron chi connectivity index (χ4n) is 5.19. The van der Waals surface area contributed by atoms with Gasteiger partial charge >= 0.3 is 0 Å². The molecular weight excluding hydrogens is 332 g/mol. The first-order valence-corrected chi connectivity index (χ1v) is 10.1. The second-order valence-electron chi connectivity index (χ2n) is 7.91. The number of hydrogen-bond acceptors (Lipinski definition) is 2. The normalized spacial score (nSPS) is 16.2. The summed E-state index contributed by atoms with van der Waals surface area (Å²) in [6, 6.07) is 15.5. The first-order valence-electron chi connectivity index (χ1n) is 10.1. The van der Waals surface area contributed by atoms with Crippen LogP contribution in [0, 0.1) is 0 Å². The molecule has 0 N–H and O–H groups in total. The SMILES string of the molecule is COc1ccc2c(c1)CCc1c-2cc2ccc(OC)cc2c1C1CCCC1. The summed E-state index contributed by atoms with van der Waals surface area (Å²) in [6.45, 7) is 0. The Morgan fingerprint density at radius 3 is 2.30 bits per heavy atom. The number of methoxy groups -OCH3 is 2. The van der Waals surface area contributed by atoms with E-state index >= 15 is 0 Å². The number of aryl methyl sites for hydroxylation is 1. The average molecular weight is 358 g/mol. The summed E-state index contributed by atoms with van der Waals surface area (Å²) in [6.07, 6.45) is 7.56. The molecule has 0 aliphatic heterocycles. The molecule has 0 bridgehead atoms. The van der Waals surface area contributed by atoms with Crippen molar-refractivity contribution in [1.82, 2.24) is 0 Å². The lowest BCUT2D eigenvalue weighted by Gasteiger charge is -2.27. The summed E-state index contributed by atoms with van der Waals surface area (Å²) in [5.41, 5.74) is 7.39. The lowest BCUT2D eigenvalue weighted by molar-refractivity contribution is 0.414. The molecule has 0 unspecified atom stereocenters. The van der Waals surface area contributed by atoms with Gasteiger partial charge in [-0.3, -0.25) is 0 Å². The minimum absolute atomic E-state index is 0.689. The maximum atomic E-state index is 5.55. The second-order valence-corrected chi connectivity index (χ2v) is 7.91. The lowest BCUT2D eigenvalue weighted by Crippen LogP contribution is -2.10. The van der Waals surface area contributed by atoms with Gasteiger partial charge < -0.3 is 9.47 Å². The maximum Gasteiger partial charge on any atom is 0.119 e. The largest absolute Gasteiger partial charge is 0.497 e. The van der Waals surface area contributed by atoms with E-state index in [4.69, 9.17) is 9.47 Å². The summed E-state index contributed by atoms with van der Waals surface area (Å²) in [5, 5.41) is 2.73. The van der Waals surface area contributed by atoms with Crippen molar-refractivity contribution in [1.29, 1.82) is 0 Å². The summed E-state index contributed by atoms with van der Waals surface area (Å²) >= 11 is 0. The third-order valence-electron chi connectivity index (χ3n) is 6.51. The zero-order chi connectivity index (χ0) is 18.4. The molecule has 0 heterocycles. The van der Waals surface area contributed by atoms with E-state index in [1.807, 2.05) is 0 Å². The monoisotopic (exact) mass is 358 g/mol. The van der Waals surface area contributed by atoms with Gasteiger partial charge in [0.2, 0.25) is 0 Å². The molecule has 2 aliphatic carbocycles. The quantitative estimate of drug-likeness (QED) is 0.548. The van der Waals surface area contributed by atoms with Gasteiger partial charge in [0.1, 0.15) is 11.5 Å². The van der Waals surface area contributed by atoms with Gasteiger partial charge in [-0.2, -0.15) is 0 Å². The Hall–Kier alpha value is -2.48. The van der Waals surface area contributed by atoms with Gasteiger partial charge in [-0.15, -0.1) is 0 Å². The van der Waals surface area contributed by atoms with Crippen molar-refractivity contribution in [2.75, 3.05) is 14.2 Å². The molecule has 0 spiro atoms. The highest BCUT2D eigenvalue weighted by molar-refractivity contribution is 5.95. The van der Waals surface area contributed by atoms with Crippen molar-refractivity contribution in [3.8, 4) is 22.6 Å². The van der Waals surface area contributed by atoms with Crippen LogP contribution < -0.4 is 9.47 Å². The molecule has 2 heteroatoms. The second kappa shape index (κ2) is 6.60. The van der Waals surface area contributed by atoms with E-state index in [-0.39, 0.29) is 0 Å². The van der Waals surface area contributed by atoms with Crippen LogP contribution in [0.25, 0.3) is 21.9 Å². The van der Waals surface area contributed by atoms with Crippen molar-refractivity contribution < 1.29 is 9.47 Å². The molecule has 3 aromatic carbocycles. The predicted octanol–water partition coefficient (Wildman–Crippen LogP) is 6.28. The van der Waals surface area contributed by atoms with Crippen LogP contribution in [0.2, 0.25) is 0 Å². The Labute approximate surface area is 161 Å². The number of benzene rings is 3. The lowest BCUT2D eigenvalue weighted by atomic mass is 9.77. The van der Waals surface area contributed by atoms with E-state index in [2.05, 4.69) is 42.5 Å². The molecule has 2 aliphatic rings.